The summed E-state index contributed by atoms with van der Waals surface area (Å²) in [6, 6.07) is 17.0. The first-order valence-corrected chi connectivity index (χ1v) is 9.62. The van der Waals surface area contributed by atoms with Gasteiger partial charge in [-0.2, -0.15) is 10.5 Å². The fourth-order valence-corrected chi connectivity index (χ4v) is 3.73. The summed E-state index contributed by atoms with van der Waals surface area (Å²) in [5, 5.41) is 19.9. The maximum atomic E-state index is 13.0. The average Bonchev–Trinajstić information content (AvgIpc) is 2.82. The highest BCUT2D eigenvalue weighted by Gasteiger charge is 2.43. The van der Waals surface area contributed by atoms with Crippen LogP contribution in [0.2, 0.25) is 5.02 Å². The van der Waals surface area contributed by atoms with Crippen molar-refractivity contribution in [1.29, 1.82) is 10.5 Å². The Kier molecular flexibility index (Phi) is 6.48. The fraction of sp³-hybridized carbons (Fsp3) is 0.130. The summed E-state index contributed by atoms with van der Waals surface area (Å²) in [5.41, 5.74) is 6.75. The molecule has 0 saturated carbocycles. The molecule has 0 aromatic heterocycles. The average molecular weight is 449 g/mol. The van der Waals surface area contributed by atoms with Crippen molar-refractivity contribution in [2.75, 3.05) is 19.1 Å². The van der Waals surface area contributed by atoms with Crippen molar-refractivity contribution >= 4 is 29.2 Å². The molecule has 0 spiro atoms. The molecule has 0 bridgehead atoms. The van der Waals surface area contributed by atoms with Crippen molar-refractivity contribution < 1.29 is 19.1 Å². The topological polar surface area (TPSA) is 129 Å². The molecule has 9 heteroatoms. The van der Waals surface area contributed by atoms with Gasteiger partial charge in [0.2, 0.25) is 0 Å². The Morgan fingerprint density at radius 2 is 1.69 bits per heavy atom. The van der Waals surface area contributed by atoms with E-state index < -0.39 is 17.9 Å². The second-order valence-electron chi connectivity index (χ2n) is 6.61. The molecule has 2 aromatic rings. The Hall–Kier alpha value is -4.27. The van der Waals surface area contributed by atoms with Gasteiger partial charge in [-0.3, -0.25) is 4.90 Å². The molecule has 1 atom stereocenters. The quantitative estimate of drug-likeness (QED) is 0.706. The van der Waals surface area contributed by atoms with E-state index in [4.69, 9.17) is 26.8 Å². The molecule has 1 heterocycles. The first kappa shape index (κ1) is 22.4. The van der Waals surface area contributed by atoms with Crippen LogP contribution in [0.4, 0.5) is 5.69 Å². The highest BCUT2D eigenvalue weighted by Crippen LogP contribution is 2.44. The summed E-state index contributed by atoms with van der Waals surface area (Å²) in [5.74, 6) is -2.87. The first-order valence-electron chi connectivity index (χ1n) is 9.24. The van der Waals surface area contributed by atoms with Crippen LogP contribution in [0.1, 0.15) is 17.0 Å². The summed E-state index contributed by atoms with van der Waals surface area (Å²) < 4.78 is 9.91. The Bertz CT molecular complexity index is 1240. The van der Waals surface area contributed by atoms with Crippen LogP contribution in [-0.4, -0.2) is 26.2 Å². The van der Waals surface area contributed by atoms with E-state index in [-0.39, 0.29) is 38.9 Å². The summed E-state index contributed by atoms with van der Waals surface area (Å²) >= 11 is 6.01. The molecule has 3 rings (SSSR count). The third-order valence-electron chi connectivity index (χ3n) is 4.93. The minimum Gasteiger partial charge on any atom is -0.466 e. The van der Waals surface area contributed by atoms with Crippen LogP contribution < -0.4 is 10.6 Å². The van der Waals surface area contributed by atoms with Crippen LogP contribution in [0.3, 0.4) is 0 Å². The van der Waals surface area contributed by atoms with E-state index in [1.54, 1.807) is 30.3 Å². The number of hydrogen-bond acceptors (Lipinski definition) is 8. The minimum atomic E-state index is -0.989. The van der Waals surface area contributed by atoms with Crippen LogP contribution >= 0.6 is 11.6 Å². The third kappa shape index (κ3) is 3.76. The minimum absolute atomic E-state index is 0.00286. The Balaban J connectivity index is 2.46. The summed E-state index contributed by atoms with van der Waals surface area (Å²) in [6.45, 7) is 0. The molecule has 1 aliphatic heterocycles. The maximum Gasteiger partial charge on any atom is 0.355 e. The molecule has 160 valence electrons. The van der Waals surface area contributed by atoms with E-state index in [0.29, 0.717) is 5.56 Å². The summed E-state index contributed by atoms with van der Waals surface area (Å²) in [7, 11) is 2.31. The van der Waals surface area contributed by atoms with Crippen LogP contribution in [-0.2, 0) is 19.1 Å². The number of ether oxygens (including phenoxy) is 2. The van der Waals surface area contributed by atoms with E-state index in [1.165, 1.54) is 18.2 Å². The third-order valence-corrected chi connectivity index (χ3v) is 5.17. The number of nitrogens with zero attached hydrogens (tertiary/aromatic N) is 3. The van der Waals surface area contributed by atoms with Crippen molar-refractivity contribution in [1.82, 2.24) is 0 Å². The monoisotopic (exact) mass is 448 g/mol. The van der Waals surface area contributed by atoms with Crippen molar-refractivity contribution in [3.8, 4) is 12.1 Å². The number of benzene rings is 2. The zero-order valence-corrected chi connectivity index (χ0v) is 17.9. The van der Waals surface area contributed by atoms with Gasteiger partial charge in [-0.1, -0.05) is 41.9 Å². The Morgan fingerprint density at radius 1 is 1.03 bits per heavy atom. The number of halogens is 1. The van der Waals surface area contributed by atoms with Gasteiger partial charge in [0, 0.05) is 5.02 Å². The second-order valence-corrected chi connectivity index (χ2v) is 7.04. The van der Waals surface area contributed by atoms with Crippen molar-refractivity contribution in [2.24, 2.45) is 5.73 Å². The number of nitriles is 2. The lowest BCUT2D eigenvalue weighted by Gasteiger charge is -2.36. The highest BCUT2D eigenvalue weighted by atomic mass is 35.5. The van der Waals surface area contributed by atoms with Crippen LogP contribution in [0.15, 0.2) is 71.2 Å². The van der Waals surface area contributed by atoms with Crippen LogP contribution in [0.25, 0.3) is 0 Å². The van der Waals surface area contributed by atoms with E-state index in [9.17, 15) is 20.1 Å². The number of carbonyl (C=O) groups excluding carboxylic acids is 2. The SMILES string of the molecule is COC(=O)C1=C(C(=O)OC)N(c2ccc(Cl)cc2C#N)C(N)=C(C#N)C1c1ccccc1. The molecule has 0 fully saturated rings. The molecule has 0 amide bonds. The van der Waals surface area contributed by atoms with Gasteiger partial charge in [0.05, 0.1) is 48.6 Å². The number of carbonyl (C=O) groups is 2. The number of anilines is 1. The van der Waals surface area contributed by atoms with Crippen LogP contribution in [0.5, 0.6) is 0 Å². The van der Waals surface area contributed by atoms with Gasteiger partial charge >= 0.3 is 11.9 Å². The van der Waals surface area contributed by atoms with Gasteiger partial charge in [-0.25, -0.2) is 9.59 Å². The molecule has 0 saturated heterocycles. The van der Waals surface area contributed by atoms with Gasteiger partial charge in [-0.05, 0) is 23.8 Å². The number of methoxy groups -OCH3 is 2. The van der Waals surface area contributed by atoms with Gasteiger partial charge < -0.3 is 15.2 Å². The zero-order chi connectivity index (χ0) is 23.4. The van der Waals surface area contributed by atoms with E-state index in [0.717, 1.165) is 19.1 Å². The Morgan fingerprint density at radius 3 is 2.25 bits per heavy atom. The van der Waals surface area contributed by atoms with Gasteiger partial charge in [0.1, 0.15) is 17.6 Å². The number of hydrogen-bond donors (Lipinski definition) is 1. The smallest absolute Gasteiger partial charge is 0.355 e. The standard InChI is InChI=1S/C23H17ClN4O4/c1-31-22(29)19-18(13-6-4-3-5-7-13)16(12-26)21(27)28(20(19)23(30)32-2)17-9-8-15(24)10-14(17)11-25/h3-10,18H,27H2,1-2H3. The van der Waals surface area contributed by atoms with Crippen molar-refractivity contribution in [3.63, 3.8) is 0 Å². The predicted octanol–water partition coefficient (Wildman–Crippen LogP) is 3.11. The molecule has 0 radical (unpaired) electrons. The lowest BCUT2D eigenvalue weighted by Crippen LogP contribution is -2.41. The first-order chi connectivity index (χ1) is 15.4. The zero-order valence-electron chi connectivity index (χ0n) is 17.1. The normalized spacial score (nSPS) is 15.7. The number of esters is 2. The van der Waals surface area contributed by atoms with E-state index in [1.807, 2.05) is 12.1 Å². The lowest BCUT2D eigenvalue weighted by atomic mass is 9.80. The van der Waals surface area contributed by atoms with Gasteiger partial charge in [0.15, 0.2) is 0 Å². The second kappa shape index (κ2) is 9.25. The van der Waals surface area contributed by atoms with E-state index >= 15 is 0 Å². The molecule has 2 N–H and O–H groups in total. The molecule has 1 unspecified atom stereocenters. The largest absolute Gasteiger partial charge is 0.466 e. The maximum absolute atomic E-state index is 13.0. The van der Waals surface area contributed by atoms with E-state index in [2.05, 4.69) is 0 Å². The Labute approximate surface area is 189 Å². The predicted molar refractivity (Wildman–Crippen MR) is 116 cm³/mol. The lowest BCUT2D eigenvalue weighted by molar-refractivity contribution is -0.139. The van der Waals surface area contributed by atoms with Crippen molar-refractivity contribution in [3.05, 3.63) is 87.3 Å². The van der Waals surface area contributed by atoms with Crippen molar-refractivity contribution in [2.45, 2.75) is 5.92 Å². The highest BCUT2D eigenvalue weighted by molar-refractivity contribution is 6.30. The van der Waals surface area contributed by atoms with Gasteiger partial charge in [0.25, 0.3) is 0 Å². The molecule has 0 aliphatic carbocycles. The molecular weight excluding hydrogens is 432 g/mol. The number of nitrogens with two attached hydrogens (primary N) is 1. The fourth-order valence-electron chi connectivity index (χ4n) is 3.56. The summed E-state index contributed by atoms with van der Waals surface area (Å²) in [4.78, 5) is 27.1. The molecular formula is C23H17ClN4O4. The van der Waals surface area contributed by atoms with Crippen LogP contribution in [0, 0.1) is 22.7 Å². The molecule has 32 heavy (non-hydrogen) atoms. The summed E-state index contributed by atoms with van der Waals surface area (Å²) in [6.07, 6.45) is 0. The van der Waals surface area contributed by atoms with Gasteiger partial charge in [-0.15, -0.1) is 0 Å². The molecule has 8 nitrogen and oxygen atoms in total. The molecule has 1 aliphatic rings. The molecule has 2 aromatic carbocycles. The number of rotatable bonds is 4. The number of allylic oxidation sites excluding steroid dienone is 1.